The van der Waals surface area contributed by atoms with Gasteiger partial charge in [0.05, 0.1) is 11.6 Å². The van der Waals surface area contributed by atoms with Gasteiger partial charge in [0.1, 0.15) is 12.1 Å². The SMILES string of the molecule is Nc1cc(N2CCN(C(=O)NC3CCCCn4cnnc43)CC2)c2ccc(Cl)cc2n1. The molecule has 5 rings (SSSR count). The zero-order chi connectivity index (χ0) is 21.4. The molecule has 0 bridgehead atoms. The maximum absolute atomic E-state index is 13.0. The van der Waals surface area contributed by atoms with Crippen molar-refractivity contribution in [3.05, 3.63) is 41.4 Å². The van der Waals surface area contributed by atoms with E-state index in [0.717, 1.165) is 61.3 Å². The monoisotopic (exact) mass is 440 g/mol. The number of carbonyl (C=O) groups is 1. The first-order chi connectivity index (χ1) is 15.1. The molecule has 10 heteroatoms. The van der Waals surface area contributed by atoms with Crippen LogP contribution < -0.4 is 16.0 Å². The van der Waals surface area contributed by atoms with E-state index in [2.05, 4.69) is 25.4 Å². The summed E-state index contributed by atoms with van der Waals surface area (Å²) < 4.78 is 2.04. The summed E-state index contributed by atoms with van der Waals surface area (Å²) in [4.78, 5) is 21.5. The molecule has 162 valence electrons. The van der Waals surface area contributed by atoms with Crippen molar-refractivity contribution in [1.29, 1.82) is 0 Å². The summed E-state index contributed by atoms with van der Waals surface area (Å²) in [6.07, 6.45) is 4.76. The number of amides is 2. The van der Waals surface area contributed by atoms with E-state index in [4.69, 9.17) is 17.3 Å². The predicted octanol–water partition coefficient (Wildman–Crippen LogP) is 2.82. The van der Waals surface area contributed by atoms with Crippen LogP contribution in [0.25, 0.3) is 10.9 Å². The number of anilines is 2. The first-order valence-electron chi connectivity index (χ1n) is 10.6. The molecule has 1 aromatic carbocycles. The van der Waals surface area contributed by atoms with Gasteiger partial charge in [-0.05, 0) is 37.5 Å². The summed E-state index contributed by atoms with van der Waals surface area (Å²) in [7, 11) is 0. The van der Waals surface area contributed by atoms with Crippen molar-refractivity contribution in [2.24, 2.45) is 0 Å². The van der Waals surface area contributed by atoms with Gasteiger partial charge in [-0.15, -0.1) is 10.2 Å². The van der Waals surface area contributed by atoms with Gasteiger partial charge < -0.3 is 25.4 Å². The van der Waals surface area contributed by atoms with Crippen LogP contribution in [0.15, 0.2) is 30.6 Å². The van der Waals surface area contributed by atoms with Gasteiger partial charge in [-0.1, -0.05) is 11.6 Å². The zero-order valence-corrected chi connectivity index (χ0v) is 17.9. The predicted molar refractivity (Wildman–Crippen MR) is 120 cm³/mol. The number of hydrogen-bond donors (Lipinski definition) is 2. The minimum absolute atomic E-state index is 0.0491. The fourth-order valence-corrected chi connectivity index (χ4v) is 4.62. The highest BCUT2D eigenvalue weighted by Crippen LogP contribution is 2.30. The molecule has 1 atom stereocenters. The summed E-state index contributed by atoms with van der Waals surface area (Å²) in [5.41, 5.74) is 7.84. The average Bonchev–Trinajstić information content (AvgIpc) is 3.15. The summed E-state index contributed by atoms with van der Waals surface area (Å²) in [6, 6.07) is 7.41. The second kappa shape index (κ2) is 8.22. The Bertz CT molecular complexity index is 1100. The van der Waals surface area contributed by atoms with E-state index in [1.54, 1.807) is 6.33 Å². The van der Waals surface area contributed by atoms with Crippen LogP contribution >= 0.6 is 11.6 Å². The van der Waals surface area contributed by atoms with E-state index in [1.165, 1.54) is 0 Å². The third-order valence-electron chi connectivity index (χ3n) is 6.07. The highest BCUT2D eigenvalue weighted by atomic mass is 35.5. The average molecular weight is 441 g/mol. The van der Waals surface area contributed by atoms with Crippen molar-refractivity contribution in [2.45, 2.75) is 31.8 Å². The number of rotatable bonds is 2. The molecule has 3 aromatic rings. The quantitative estimate of drug-likeness (QED) is 0.634. The van der Waals surface area contributed by atoms with E-state index in [0.29, 0.717) is 23.9 Å². The summed E-state index contributed by atoms with van der Waals surface area (Å²) in [5, 5.41) is 13.1. The van der Waals surface area contributed by atoms with Gasteiger partial charge in [0.2, 0.25) is 0 Å². The molecular weight excluding hydrogens is 416 g/mol. The van der Waals surface area contributed by atoms with Gasteiger partial charge >= 0.3 is 6.03 Å². The lowest BCUT2D eigenvalue weighted by Crippen LogP contribution is -2.52. The fourth-order valence-electron chi connectivity index (χ4n) is 4.46. The Balaban J connectivity index is 1.27. The number of nitrogens with zero attached hydrogens (tertiary/aromatic N) is 6. The number of urea groups is 1. The Morgan fingerprint density at radius 3 is 2.81 bits per heavy atom. The number of aryl methyl sites for hydroxylation is 1. The molecule has 2 amide bonds. The third kappa shape index (κ3) is 3.97. The van der Waals surface area contributed by atoms with E-state index in [1.807, 2.05) is 33.7 Å². The molecule has 0 aliphatic carbocycles. The molecule has 1 fully saturated rings. The molecule has 9 nitrogen and oxygen atoms in total. The van der Waals surface area contributed by atoms with Crippen molar-refractivity contribution in [2.75, 3.05) is 36.8 Å². The van der Waals surface area contributed by atoms with Crippen LogP contribution in [0.5, 0.6) is 0 Å². The molecule has 0 radical (unpaired) electrons. The largest absolute Gasteiger partial charge is 0.384 e. The maximum atomic E-state index is 13.0. The highest BCUT2D eigenvalue weighted by molar-refractivity contribution is 6.31. The van der Waals surface area contributed by atoms with Gasteiger partial charge in [0, 0.05) is 54.9 Å². The number of nitrogen functional groups attached to an aromatic ring is 1. The van der Waals surface area contributed by atoms with Gasteiger partial charge in [0.15, 0.2) is 5.82 Å². The number of nitrogens with one attached hydrogen (secondary N) is 1. The molecule has 31 heavy (non-hydrogen) atoms. The smallest absolute Gasteiger partial charge is 0.318 e. The Morgan fingerprint density at radius 1 is 1.13 bits per heavy atom. The second-order valence-corrected chi connectivity index (χ2v) is 8.52. The number of piperazine rings is 1. The van der Waals surface area contributed by atoms with Gasteiger partial charge in [-0.2, -0.15) is 0 Å². The standard InChI is InChI=1S/C21H25ClN8O/c22-14-4-5-15-17(11-14)25-19(23)12-18(15)28-7-9-29(10-8-28)21(31)26-16-3-1-2-6-30-13-24-27-20(16)30/h4-5,11-13,16H,1-3,6-10H2,(H2,23,25)(H,26,31). The summed E-state index contributed by atoms with van der Waals surface area (Å²) in [5.74, 6) is 1.31. The topological polar surface area (TPSA) is 105 Å². The molecule has 4 heterocycles. The third-order valence-corrected chi connectivity index (χ3v) is 6.31. The number of halogens is 1. The van der Waals surface area contributed by atoms with E-state index < -0.39 is 0 Å². The van der Waals surface area contributed by atoms with Crippen LogP contribution in [-0.2, 0) is 6.54 Å². The minimum Gasteiger partial charge on any atom is -0.384 e. The van der Waals surface area contributed by atoms with Crippen LogP contribution in [-0.4, -0.2) is 56.9 Å². The van der Waals surface area contributed by atoms with Crippen LogP contribution in [0.4, 0.5) is 16.3 Å². The lowest BCUT2D eigenvalue weighted by Gasteiger charge is -2.37. The normalized spacial score (nSPS) is 19.2. The number of fused-ring (bicyclic) bond motifs is 2. The van der Waals surface area contributed by atoms with Crippen molar-refractivity contribution in [3.8, 4) is 0 Å². The van der Waals surface area contributed by atoms with Gasteiger partial charge in [-0.25, -0.2) is 9.78 Å². The van der Waals surface area contributed by atoms with Crippen molar-refractivity contribution in [1.82, 2.24) is 30.0 Å². The van der Waals surface area contributed by atoms with Crippen LogP contribution in [0.3, 0.4) is 0 Å². The van der Waals surface area contributed by atoms with Gasteiger partial charge in [-0.3, -0.25) is 0 Å². The van der Waals surface area contributed by atoms with E-state index in [-0.39, 0.29) is 12.1 Å². The number of benzene rings is 1. The van der Waals surface area contributed by atoms with Crippen LogP contribution in [0, 0.1) is 0 Å². The molecule has 1 saturated heterocycles. The molecule has 1 unspecified atom stereocenters. The molecule has 2 aliphatic heterocycles. The Labute approximate surface area is 185 Å². The van der Waals surface area contributed by atoms with E-state index >= 15 is 0 Å². The summed E-state index contributed by atoms with van der Waals surface area (Å²) in [6.45, 7) is 3.59. The maximum Gasteiger partial charge on any atom is 0.318 e. The molecule has 2 aromatic heterocycles. The molecule has 2 aliphatic rings. The number of carbonyl (C=O) groups excluding carboxylic acids is 1. The van der Waals surface area contributed by atoms with Crippen molar-refractivity contribution < 1.29 is 4.79 Å². The Hall–Kier alpha value is -3.07. The number of hydrogen-bond acceptors (Lipinski definition) is 6. The lowest BCUT2D eigenvalue weighted by molar-refractivity contribution is 0.189. The first kappa shape index (κ1) is 19.9. The van der Waals surface area contributed by atoms with Crippen LogP contribution in [0.2, 0.25) is 5.02 Å². The van der Waals surface area contributed by atoms with Crippen molar-refractivity contribution in [3.63, 3.8) is 0 Å². The lowest BCUT2D eigenvalue weighted by atomic mass is 10.1. The molecular formula is C21H25ClN8O. The fraction of sp³-hybridized carbons (Fsp3) is 0.429. The molecule has 0 spiro atoms. The summed E-state index contributed by atoms with van der Waals surface area (Å²) >= 11 is 6.12. The van der Waals surface area contributed by atoms with E-state index in [9.17, 15) is 4.79 Å². The Kier molecular flexibility index (Phi) is 5.27. The van der Waals surface area contributed by atoms with Crippen molar-refractivity contribution >= 4 is 40.0 Å². The number of nitrogens with two attached hydrogens (primary N) is 1. The minimum atomic E-state index is -0.0933. The molecule has 3 N–H and O–H groups in total. The first-order valence-corrected chi connectivity index (χ1v) is 11.0. The highest BCUT2D eigenvalue weighted by Gasteiger charge is 2.27. The van der Waals surface area contributed by atoms with Gasteiger partial charge in [0.25, 0.3) is 0 Å². The molecule has 0 saturated carbocycles. The number of aromatic nitrogens is 4. The second-order valence-electron chi connectivity index (χ2n) is 8.08. The number of pyridine rings is 1. The Morgan fingerprint density at radius 2 is 1.97 bits per heavy atom. The zero-order valence-electron chi connectivity index (χ0n) is 17.2. The van der Waals surface area contributed by atoms with Crippen LogP contribution in [0.1, 0.15) is 31.1 Å².